The number of nitrogens with one attached hydrogen (secondary N) is 1. The summed E-state index contributed by atoms with van der Waals surface area (Å²) >= 11 is 0. The zero-order valence-electron chi connectivity index (χ0n) is 10.1. The van der Waals surface area contributed by atoms with Crippen molar-refractivity contribution in [3.8, 4) is 5.75 Å². The molecule has 0 aliphatic carbocycles. The van der Waals surface area contributed by atoms with Gasteiger partial charge in [-0.05, 0) is 24.3 Å². The van der Waals surface area contributed by atoms with E-state index < -0.39 is 0 Å². The number of aromatic nitrogens is 2. The van der Waals surface area contributed by atoms with Crippen molar-refractivity contribution in [3.63, 3.8) is 0 Å². The molecule has 0 unspecified atom stereocenters. The molecule has 0 saturated heterocycles. The lowest BCUT2D eigenvalue weighted by molar-refractivity contribution is 0.199. The Bertz CT molecular complexity index is 482. The second-order valence-corrected chi connectivity index (χ2v) is 3.75. The van der Waals surface area contributed by atoms with E-state index >= 15 is 0 Å². The minimum absolute atomic E-state index is 0.236. The van der Waals surface area contributed by atoms with Crippen molar-refractivity contribution in [1.82, 2.24) is 10.1 Å². The summed E-state index contributed by atoms with van der Waals surface area (Å²) in [5, 5.41) is 16.1. The fraction of sp³-hybridized carbons (Fsp3) is 0.333. The smallest absolute Gasteiger partial charge is 0.245 e. The lowest BCUT2D eigenvalue weighted by Gasteiger charge is -2.02. The molecule has 0 fully saturated rings. The number of benzene rings is 1. The summed E-state index contributed by atoms with van der Waals surface area (Å²) in [5.41, 5.74) is 0.879. The third-order valence-corrected chi connectivity index (χ3v) is 2.35. The van der Waals surface area contributed by atoms with Crippen molar-refractivity contribution >= 4 is 5.69 Å². The first-order valence-corrected chi connectivity index (χ1v) is 5.61. The average Bonchev–Trinajstić information content (AvgIpc) is 2.84. The molecule has 0 radical (unpaired) electrons. The Morgan fingerprint density at radius 2 is 2.11 bits per heavy atom. The fourth-order valence-corrected chi connectivity index (χ4v) is 1.41. The van der Waals surface area contributed by atoms with Crippen molar-refractivity contribution in [2.75, 3.05) is 19.0 Å². The van der Waals surface area contributed by atoms with Crippen LogP contribution in [0.15, 0.2) is 28.8 Å². The summed E-state index contributed by atoms with van der Waals surface area (Å²) in [7, 11) is 1.63. The molecule has 1 aromatic heterocycles. The number of nitrogens with zero attached hydrogens (tertiary/aromatic N) is 2. The summed E-state index contributed by atoms with van der Waals surface area (Å²) in [6.07, 6.45) is 0.638. The molecule has 0 aliphatic heterocycles. The van der Waals surface area contributed by atoms with Crippen LogP contribution in [0.2, 0.25) is 0 Å². The number of rotatable bonds is 6. The van der Waals surface area contributed by atoms with E-state index in [1.54, 1.807) is 31.4 Å². The first kappa shape index (κ1) is 12.4. The van der Waals surface area contributed by atoms with Gasteiger partial charge in [0.1, 0.15) is 5.75 Å². The van der Waals surface area contributed by atoms with Gasteiger partial charge in [-0.25, -0.2) is 0 Å². The van der Waals surface area contributed by atoms with Gasteiger partial charge in [-0.2, -0.15) is 4.98 Å². The van der Waals surface area contributed by atoms with E-state index in [0.29, 0.717) is 31.3 Å². The first-order valence-electron chi connectivity index (χ1n) is 5.61. The van der Waals surface area contributed by atoms with Crippen LogP contribution in [0.4, 0.5) is 5.69 Å². The number of hydrogen-bond acceptors (Lipinski definition) is 6. The molecular formula is C12H15N3O3. The number of methoxy groups -OCH3 is 1. The van der Waals surface area contributed by atoms with Crippen LogP contribution in [-0.4, -0.2) is 29.0 Å². The Labute approximate surface area is 105 Å². The SMILES string of the molecule is COCCc1noc(CNc2ccc(O)cc2)n1. The number of anilines is 1. The molecule has 18 heavy (non-hydrogen) atoms. The van der Waals surface area contributed by atoms with E-state index in [2.05, 4.69) is 15.5 Å². The van der Waals surface area contributed by atoms with Crippen LogP contribution in [0, 0.1) is 0 Å². The maximum Gasteiger partial charge on any atom is 0.245 e. The average molecular weight is 249 g/mol. The third-order valence-electron chi connectivity index (χ3n) is 2.35. The Balaban J connectivity index is 1.86. The topological polar surface area (TPSA) is 80.4 Å². The van der Waals surface area contributed by atoms with Gasteiger partial charge in [0, 0.05) is 19.2 Å². The van der Waals surface area contributed by atoms with Gasteiger partial charge in [-0.1, -0.05) is 5.16 Å². The predicted molar refractivity (Wildman–Crippen MR) is 65.3 cm³/mol. The minimum atomic E-state index is 0.236. The zero-order valence-corrected chi connectivity index (χ0v) is 10.1. The second-order valence-electron chi connectivity index (χ2n) is 3.75. The van der Waals surface area contributed by atoms with Gasteiger partial charge in [0.05, 0.1) is 13.2 Å². The largest absolute Gasteiger partial charge is 0.508 e. The lowest BCUT2D eigenvalue weighted by Crippen LogP contribution is -2.00. The van der Waals surface area contributed by atoms with Crippen molar-refractivity contribution < 1.29 is 14.4 Å². The predicted octanol–water partition coefficient (Wildman–Crippen LogP) is 1.58. The molecule has 1 heterocycles. The molecular weight excluding hydrogens is 234 g/mol. The molecule has 0 spiro atoms. The Morgan fingerprint density at radius 1 is 1.33 bits per heavy atom. The minimum Gasteiger partial charge on any atom is -0.508 e. The van der Waals surface area contributed by atoms with Crippen LogP contribution in [0.3, 0.4) is 0 Å². The molecule has 2 rings (SSSR count). The summed E-state index contributed by atoms with van der Waals surface area (Å²) in [4.78, 5) is 4.21. The highest BCUT2D eigenvalue weighted by Gasteiger charge is 2.05. The highest BCUT2D eigenvalue weighted by atomic mass is 16.5. The van der Waals surface area contributed by atoms with Crippen molar-refractivity contribution in [3.05, 3.63) is 36.0 Å². The van der Waals surface area contributed by atoms with Crippen LogP contribution < -0.4 is 5.32 Å². The van der Waals surface area contributed by atoms with E-state index in [9.17, 15) is 0 Å². The fourth-order valence-electron chi connectivity index (χ4n) is 1.41. The molecule has 6 heteroatoms. The van der Waals surface area contributed by atoms with E-state index in [1.807, 2.05) is 0 Å². The molecule has 2 aromatic rings. The Hall–Kier alpha value is -2.08. The molecule has 0 aliphatic rings. The van der Waals surface area contributed by atoms with Crippen LogP contribution >= 0.6 is 0 Å². The monoisotopic (exact) mass is 249 g/mol. The zero-order chi connectivity index (χ0) is 12.8. The molecule has 0 saturated carbocycles. The summed E-state index contributed by atoms with van der Waals surface area (Å²) < 4.78 is 10.0. The third kappa shape index (κ3) is 3.46. The van der Waals surface area contributed by atoms with Gasteiger partial charge >= 0.3 is 0 Å². The molecule has 0 bridgehead atoms. The standard InChI is InChI=1S/C12H15N3O3/c1-17-7-6-11-14-12(18-15-11)8-13-9-2-4-10(16)5-3-9/h2-5,13,16H,6-8H2,1H3. The number of phenolic OH excluding ortho intramolecular Hbond substituents is 1. The van der Waals surface area contributed by atoms with Gasteiger partial charge < -0.3 is 19.7 Å². The van der Waals surface area contributed by atoms with Gasteiger partial charge in [0.2, 0.25) is 5.89 Å². The lowest BCUT2D eigenvalue weighted by atomic mass is 10.3. The Kier molecular flexibility index (Phi) is 4.14. The molecule has 6 nitrogen and oxygen atoms in total. The van der Waals surface area contributed by atoms with Crippen molar-refractivity contribution in [2.24, 2.45) is 0 Å². The van der Waals surface area contributed by atoms with Gasteiger partial charge in [0.15, 0.2) is 5.82 Å². The number of hydrogen-bond donors (Lipinski definition) is 2. The highest BCUT2D eigenvalue weighted by Crippen LogP contribution is 2.14. The number of phenols is 1. The van der Waals surface area contributed by atoms with Gasteiger partial charge in [0.25, 0.3) is 0 Å². The van der Waals surface area contributed by atoms with Crippen LogP contribution in [0.1, 0.15) is 11.7 Å². The second kappa shape index (κ2) is 6.02. The number of aromatic hydroxyl groups is 1. The normalized spacial score (nSPS) is 10.5. The maximum atomic E-state index is 9.15. The van der Waals surface area contributed by atoms with E-state index in [1.165, 1.54) is 0 Å². The van der Waals surface area contributed by atoms with Gasteiger partial charge in [-0.3, -0.25) is 0 Å². The van der Waals surface area contributed by atoms with E-state index in [0.717, 1.165) is 5.69 Å². The summed E-state index contributed by atoms with van der Waals surface area (Å²) in [6.45, 7) is 1.02. The van der Waals surface area contributed by atoms with Crippen LogP contribution in [0.5, 0.6) is 5.75 Å². The Morgan fingerprint density at radius 3 is 2.83 bits per heavy atom. The maximum absolute atomic E-state index is 9.15. The molecule has 0 amide bonds. The molecule has 2 N–H and O–H groups in total. The van der Waals surface area contributed by atoms with Gasteiger partial charge in [-0.15, -0.1) is 0 Å². The van der Waals surface area contributed by atoms with Crippen LogP contribution in [0.25, 0.3) is 0 Å². The van der Waals surface area contributed by atoms with Crippen LogP contribution in [-0.2, 0) is 17.7 Å². The summed E-state index contributed by atoms with van der Waals surface area (Å²) in [5.74, 6) is 1.40. The molecule has 96 valence electrons. The number of ether oxygens (including phenoxy) is 1. The molecule has 1 aromatic carbocycles. The van der Waals surface area contributed by atoms with E-state index in [4.69, 9.17) is 14.4 Å². The quantitative estimate of drug-likeness (QED) is 0.756. The highest BCUT2D eigenvalue weighted by molar-refractivity contribution is 5.45. The van der Waals surface area contributed by atoms with Crippen molar-refractivity contribution in [1.29, 1.82) is 0 Å². The molecule has 0 atom stereocenters. The first-order chi connectivity index (χ1) is 8.78. The van der Waals surface area contributed by atoms with Crippen molar-refractivity contribution in [2.45, 2.75) is 13.0 Å². The van der Waals surface area contributed by atoms with E-state index in [-0.39, 0.29) is 5.75 Å². The summed E-state index contributed by atoms with van der Waals surface area (Å²) in [6, 6.07) is 6.77.